The van der Waals surface area contributed by atoms with Crippen molar-refractivity contribution in [1.29, 1.82) is 0 Å². The molecule has 0 aliphatic carbocycles. The Labute approximate surface area is 108 Å². The number of hydrogen-bond acceptors (Lipinski definition) is 4. The van der Waals surface area contributed by atoms with Crippen molar-refractivity contribution in [2.24, 2.45) is 0 Å². The molecule has 18 heavy (non-hydrogen) atoms. The van der Waals surface area contributed by atoms with E-state index in [4.69, 9.17) is 0 Å². The number of nitrogens with zero attached hydrogens (tertiary/aromatic N) is 2. The fraction of sp³-hybridized carbons (Fsp3) is 0.615. The minimum atomic E-state index is -0.316. The lowest BCUT2D eigenvalue weighted by atomic mass is 10.0. The Kier molecular flexibility index (Phi) is 5.22. The second-order valence-electron chi connectivity index (χ2n) is 4.62. The maximum atomic E-state index is 11.0. The Morgan fingerprint density at radius 3 is 2.72 bits per heavy atom. The zero-order chi connectivity index (χ0) is 13.7. The Morgan fingerprint density at radius 1 is 1.50 bits per heavy atom. The maximum Gasteiger partial charge on any atom is 0.278 e. The fourth-order valence-electron chi connectivity index (χ4n) is 2.10. The lowest BCUT2D eigenvalue weighted by Gasteiger charge is -2.13. The van der Waals surface area contributed by atoms with Crippen LogP contribution >= 0.6 is 0 Å². The normalized spacial score (nSPS) is 12.4. The van der Waals surface area contributed by atoms with E-state index >= 15 is 0 Å². The van der Waals surface area contributed by atoms with E-state index < -0.39 is 0 Å². The summed E-state index contributed by atoms with van der Waals surface area (Å²) in [6, 6.07) is 0.400. The molecule has 0 aliphatic heterocycles. The first kappa shape index (κ1) is 14.6. The van der Waals surface area contributed by atoms with Crippen LogP contribution in [0.5, 0.6) is 0 Å². The van der Waals surface area contributed by atoms with Gasteiger partial charge in [0.15, 0.2) is 0 Å². The molecule has 0 radical (unpaired) electrons. The van der Waals surface area contributed by atoms with Crippen molar-refractivity contribution in [2.75, 3.05) is 6.54 Å². The van der Waals surface area contributed by atoms with Crippen LogP contribution in [0.2, 0.25) is 0 Å². The number of rotatable bonds is 6. The van der Waals surface area contributed by atoms with Gasteiger partial charge < -0.3 is 5.32 Å². The highest BCUT2D eigenvalue weighted by Gasteiger charge is 2.18. The fourth-order valence-corrected chi connectivity index (χ4v) is 2.10. The number of aromatic nitrogens is 1. The Hall–Kier alpha value is -1.49. The standard InChI is InChI=1S/C13H21N3O2/c1-5-14-10(3)6-7-12-11(4)13(16(17)18)9(2)8-15-12/h8,10,14H,5-7H2,1-4H3. The van der Waals surface area contributed by atoms with Crippen molar-refractivity contribution in [1.82, 2.24) is 10.3 Å². The van der Waals surface area contributed by atoms with Crippen LogP contribution in [0, 0.1) is 24.0 Å². The summed E-state index contributed by atoms with van der Waals surface area (Å²) in [5, 5.41) is 14.3. The molecular weight excluding hydrogens is 230 g/mol. The first-order valence-corrected chi connectivity index (χ1v) is 6.30. The molecule has 1 rings (SSSR count). The molecule has 1 unspecified atom stereocenters. The van der Waals surface area contributed by atoms with Crippen molar-refractivity contribution in [3.05, 3.63) is 33.1 Å². The van der Waals surface area contributed by atoms with Gasteiger partial charge in [-0.2, -0.15) is 0 Å². The molecule has 0 aliphatic rings. The van der Waals surface area contributed by atoms with Gasteiger partial charge in [-0.15, -0.1) is 0 Å². The number of hydrogen-bond donors (Lipinski definition) is 1. The smallest absolute Gasteiger partial charge is 0.278 e. The molecule has 5 nitrogen and oxygen atoms in total. The van der Waals surface area contributed by atoms with Gasteiger partial charge in [-0.1, -0.05) is 6.92 Å². The molecule has 5 heteroatoms. The van der Waals surface area contributed by atoms with E-state index in [0.29, 0.717) is 17.2 Å². The summed E-state index contributed by atoms with van der Waals surface area (Å²) in [5.74, 6) is 0. The van der Waals surface area contributed by atoms with E-state index in [2.05, 4.69) is 24.1 Å². The van der Waals surface area contributed by atoms with Gasteiger partial charge in [-0.3, -0.25) is 15.1 Å². The number of pyridine rings is 1. The first-order valence-electron chi connectivity index (χ1n) is 6.30. The summed E-state index contributed by atoms with van der Waals surface area (Å²) in [5.41, 5.74) is 2.36. The van der Waals surface area contributed by atoms with E-state index in [-0.39, 0.29) is 10.6 Å². The zero-order valence-electron chi connectivity index (χ0n) is 11.5. The van der Waals surface area contributed by atoms with Crippen LogP contribution in [0.1, 0.15) is 37.1 Å². The van der Waals surface area contributed by atoms with Crippen molar-refractivity contribution in [3.63, 3.8) is 0 Å². The van der Waals surface area contributed by atoms with Crippen LogP contribution in [0.25, 0.3) is 0 Å². The molecule has 0 bridgehead atoms. The van der Waals surface area contributed by atoms with Crippen molar-refractivity contribution in [2.45, 2.75) is 46.6 Å². The minimum absolute atomic E-state index is 0.205. The van der Waals surface area contributed by atoms with Crippen LogP contribution < -0.4 is 5.32 Å². The van der Waals surface area contributed by atoms with Gasteiger partial charge in [0, 0.05) is 23.4 Å². The van der Waals surface area contributed by atoms with Crippen LogP contribution in [-0.2, 0) is 6.42 Å². The molecule has 1 N–H and O–H groups in total. The lowest BCUT2D eigenvalue weighted by molar-refractivity contribution is -0.386. The van der Waals surface area contributed by atoms with Gasteiger partial charge in [-0.25, -0.2) is 0 Å². The molecule has 100 valence electrons. The van der Waals surface area contributed by atoms with Gasteiger partial charge in [0.05, 0.1) is 10.6 Å². The summed E-state index contributed by atoms with van der Waals surface area (Å²) in [4.78, 5) is 15.0. The third kappa shape index (κ3) is 3.50. The summed E-state index contributed by atoms with van der Waals surface area (Å²) in [7, 11) is 0. The largest absolute Gasteiger partial charge is 0.315 e. The quantitative estimate of drug-likeness (QED) is 0.623. The zero-order valence-corrected chi connectivity index (χ0v) is 11.5. The summed E-state index contributed by atoms with van der Waals surface area (Å²) in [6.07, 6.45) is 3.29. The molecule has 0 saturated heterocycles. The predicted molar refractivity (Wildman–Crippen MR) is 71.8 cm³/mol. The van der Waals surface area contributed by atoms with E-state index in [1.54, 1.807) is 20.0 Å². The average Bonchev–Trinajstić information content (AvgIpc) is 2.28. The minimum Gasteiger partial charge on any atom is -0.315 e. The van der Waals surface area contributed by atoms with Gasteiger partial charge in [-0.05, 0) is 40.2 Å². The van der Waals surface area contributed by atoms with Gasteiger partial charge >= 0.3 is 0 Å². The molecule has 0 spiro atoms. The Morgan fingerprint density at radius 2 is 2.17 bits per heavy atom. The van der Waals surface area contributed by atoms with Crippen molar-refractivity contribution >= 4 is 5.69 Å². The number of nitro groups is 1. The van der Waals surface area contributed by atoms with E-state index in [9.17, 15) is 10.1 Å². The van der Waals surface area contributed by atoms with Gasteiger partial charge in [0.25, 0.3) is 5.69 Å². The molecule has 0 fully saturated rings. The van der Waals surface area contributed by atoms with Gasteiger partial charge in [0.1, 0.15) is 0 Å². The SMILES string of the molecule is CCNC(C)CCc1ncc(C)c([N+](=O)[O-])c1C. The summed E-state index contributed by atoms with van der Waals surface area (Å²) in [6.45, 7) is 8.62. The van der Waals surface area contributed by atoms with E-state index in [1.165, 1.54) is 0 Å². The van der Waals surface area contributed by atoms with Crippen LogP contribution in [0.3, 0.4) is 0 Å². The topological polar surface area (TPSA) is 68.1 Å². The first-order chi connectivity index (χ1) is 8.47. The van der Waals surface area contributed by atoms with E-state index in [1.807, 2.05) is 0 Å². The molecule has 0 amide bonds. The molecule has 1 atom stereocenters. The summed E-state index contributed by atoms with van der Waals surface area (Å²) < 4.78 is 0. The highest BCUT2D eigenvalue weighted by atomic mass is 16.6. The third-order valence-corrected chi connectivity index (χ3v) is 3.12. The van der Waals surface area contributed by atoms with E-state index in [0.717, 1.165) is 25.1 Å². The van der Waals surface area contributed by atoms with Crippen molar-refractivity contribution < 1.29 is 4.92 Å². The molecule has 0 saturated carbocycles. The molecule has 1 aromatic rings. The molecule has 0 aromatic carbocycles. The summed E-state index contributed by atoms with van der Waals surface area (Å²) >= 11 is 0. The van der Waals surface area contributed by atoms with Crippen LogP contribution in [0.15, 0.2) is 6.20 Å². The van der Waals surface area contributed by atoms with Crippen LogP contribution in [-0.4, -0.2) is 22.5 Å². The molecule has 1 aromatic heterocycles. The third-order valence-electron chi connectivity index (χ3n) is 3.12. The second kappa shape index (κ2) is 6.44. The second-order valence-corrected chi connectivity index (χ2v) is 4.62. The van der Waals surface area contributed by atoms with Gasteiger partial charge in [0.2, 0.25) is 0 Å². The highest BCUT2D eigenvalue weighted by Crippen LogP contribution is 2.24. The number of nitrogens with one attached hydrogen (secondary N) is 1. The monoisotopic (exact) mass is 251 g/mol. The predicted octanol–water partition coefficient (Wildman–Crippen LogP) is 2.54. The van der Waals surface area contributed by atoms with Crippen LogP contribution in [0.4, 0.5) is 5.69 Å². The Bertz CT molecular complexity index is 432. The average molecular weight is 251 g/mol. The van der Waals surface area contributed by atoms with Crippen molar-refractivity contribution in [3.8, 4) is 0 Å². The molecular formula is C13H21N3O2. The molecule has 1 heterocycles. The maximum absolute atomic E-state index is 11.0. The Balaban J connectivity index is 2.85. The lowest BCUT2D eigenvalue weighted by Crippen LogP contribution is -2.26. The highest BCUT2D eigenvalue weighted by molar-refractivity contribution is 5.47. The number of aryl methyl sites for hydroxylation is 2.